The predicted octanol–water partition coefficient (Wildman–Crippen LogP) is 7.46. The van der Waals surface area contributed by atoms with Crippen molar-refractivity contribution in [3.8, 4) is 11.5 Å². The lowest BCUT2D eigenvalue weighted by atomic mass is 9.76. The van der Waals surface area contributed by atoms with Gasteiger partial charge >= 0.3 is 5.97 Å². The third-order valence-electron chi connectivity index (χ3n) is 7.02. The molecule has 2 aliphatic heterocycles. The number of nitrogens with one attached hydrogen (secondary N) is 1. The molecule has 0 saturated heterocycles. The van der Waals surface area contributed by atoms with Gasteiger partial charge in [0.1, 0.15) is 11.5 Å². The Morgan fingerprint density at radius 3 is 2.46 bits per heavy atom. The third kappa shape index (κ3) is 2.77. The first kappa shape index (κ1) is 19.9. The minimum Gasteiger partial charge on any atom is -0.456 e. The summed E-state index contributed by atoms with van der Waals surface area (Å²) in [5, 5.41) is 5.56. The summed E-state index contributed by atoms with van der Waals surface area (Å²) in [5.74, 6) is 1.03. The Bertz CT molecular complexity index is 1670. The molecule has 0 radical (unpaired) electrons. The van der Waals surface area contributed by atoms with Crippen molar-refractivity contribution in [3.63, 3.8) is 0 Å². The molecule has 5 aromatic carbocycles. The van der Waals surface area contributed by atoms with Crippen LogP contribution in [0.15, 0.2) is 103 Å². The number of carbonyl (C=O) groups is 1. The quantitative estimate of drug-likeness (QED) is 0.281. The number of para-hydroxylation sites is 1. The lowest BCUT2D eigenvalue weighted by Gasteiger charge is -2.37. The highest BCUT2D eigenvalue weighted by atomic mass is 16.6. The van der Waals surface area contributed by atoms with Crippen molar-refractivity contribution < 1.29 is 14.3 Å². The number of carbonyl (C=O) groups excluding carboxylic acids is 1. The molecule has 4 heteroatoms. The molecule has 0 bridgehead atoms. The van der Waals surface area contributed by atoms with E-state index in [1.54, 1.807) is 0 Å². The van der Waals surface area contributed by atoms with Gasteiger partial charge in [-0.3, -0.25) is 0 Å². The van der Waals surface area contributed by atoms with Crippen molar-refractivity contribution in [1.82, 2.24) is 0 Å². The SMILES string of the molecule is Cc1ccccc1Nc1ccc2c(c1)Oc1ccc3ccccc3c1C21OC(=O)c2ccccc21. The summed E-state index contributed by atoms with van der Waals surface area (Å²) in [7, 11) is 0. The van der Waals surface area contributed by atoms with Crippen LogP contribution >= 0.6 is 0 Å². The Kier molecular flexibility index (Phi) is 4.09. The van der Waals surface area contributed by atoms with E-state index >= 15 is 0 Å². The van der Waals surface area contributed by atoms with Crippen molar-refractivity contribution in [3.05, 3.63) is 131 Å². The molecule has 5 aromatic rings. The van der Waals surface area contributed by atoms with Crippen molar-refractivity contribution in [2.24, 2.45) is 0 Å². The van der Waals surface area contributed by atoms with Crippen LogP contribution in [0.5, 0.6) is 11.5 Å². The highest BCUT2D eigenvalue weighted by Crippen LogP contribution is 2.58. The van der Waals surface area contributed by atoms with Gasteiger partial charge in [0.05, 0.1) is 11.1 Å². The normalized spacial score (nSPS) is 17.3. The molecule has 35 heavy (non-hydrogen) atoms. The first-order valence-corrected chi connectivity index (χ1v) is 11.7. The van der Waals surface area contributed by atoms with Gasteiger partial charge in [-0.15, -0.1) is 0 Å². The van der Waals surface area contributed by atoms with Crippen LogP contribution < -0.4 is 10.1 Å². The molecule has 1 spiro atoms. The highest BCUT2D eigenvalue weighted by Gasteiger charge is 2.54. The van der Waals surface area contributed by atoms with Gasteiger partial charge in [0.15, 0.2) is 5.60 Å². The Morgan fingerprint density at radius 1 is 0.743 bits per heavy atom. The van der Waals surface area contributed by atoms with Gasteiger partial charge in [0.25, 0.3) is 0 Å². The number of ether oxygens (including phenoxy) is 2. The standard InChI is InChI=1S/C31H21NO3/c1-19-8-2-7-13-26(19)32-21-15-16-25-28(18-21)34-27-17-14-20-9-3-4-10-22(20)29(27)31(25)24-12-6-5-11-23(24)30(33)35-31/h2-18,32H,1H3. The van der Waals surface area contributed by atoms with Crippen molar-refractivity contribution in [2.45, 2.75) is 12.5 Å². The van der Waals surface area contributed by atoms with Crippen LogP contribution in [0, 0.1) is 6.92 Å². The molecule has 2 heterocycles. The van der Waals surface area contributed by atoms with E-state index < -0.39 is 5.60 Å². The lowest BCUT2D eigenvalue weighted by molar-refractivity contribution is 0.0229. The molecule has 0 amide bonds. The first-order chi connectivity index (χ1) is 17.1. The van der Waals surface area contributed by atoms with Crippen LogP contribution in [0.4, 0.5) is 11.4 Å². The molecule has 1 atom stereocenters. The maximum absolute atomic E-state index is 13.2. The predicted molar refractivity (Wildman–Crippen MR) is 137 cm³/mol. The van der Waals surface area contributed by atoms with Gasteiger partial charge in [-0.05, 0) is 53.6 Å². The summed E-state index contributed by atoms with van der Waals surface area (Å²) in [6, 6.07) is 34.0. The Balaban J connectivity index is 1.49. The van der Waals surface area contributed by atoms with Gasteiger partial charge in [-0.1, -0.05) is 66.7 Å². The van der Waals surface area contributed by atoms with Crippen LogP contribution in [0.2, 0.25) is 0 Å². The molecule has 0 aliphatic carbocycles. The number of benzene rings is 5. The average molecular weight is 456 g/mol. The molecular formula is C31H21NO3. The molecule has 0 saturated carbocycles. The Labute approximate surface area is 202 Å². The first-order valence-electron chi connectivity index (χ1n) is 11.7. The zero-order chi connectivity index (χ0) is 23.6. The maximum Gasteiger partial charge on any atom is 0.340 e. The van der Waals surface area contributed by atoms with Gasteiger partial charge in [-0.2, -0.15) is 0 Å². The van der Waals surface area contributed by atoms with Crippen LogP contribution in [0.25, 0.3) is 10.8 Å². The molecule has 1 N–H and O–H groups in total. The number of aryl methyl sites for hydroxylation is 1. The molecular weight excluding hydrogens is 434 g/mol. The second kappa shape index (κ2) is 7.21. The fourth-order valence-corrected chi connectivity index (χ4v) is 5.40. The number of hydrogen-bond donors (Lipinski definition) is 1. The second-order valence-electron chi connectivity index (χ2n) is 9.03. The molecule has 4 nitrogen and oxygen atoms in total. The van der Waals surface area contributed by atoms with Gasteiger partial charge in [-0.25, -0.2) is 4.79 Å². The summed E-state index contributed by atoms with van der Waals surface area (Å²) in [6.45, 7) is 2.07. The monoisotopic (exact) mass is 455 g/mol. The summed E-state index contributed by atoms with van der Waals surface area (Å²) < 4.78 is 12.9. The smallest absolute Gasteiger partial charge is 0.340 e. The van der Waals surface area contributed by atoms with Gasteiger partial charge in [0.2, 0.25) is 0 Å². The fourth-order valence-electron chi connectivity index (χ4n) is 5.40. The van der Waals surface area contributed by atoms with E-state index in [9.17, 15) is 4.79 Å². The van der Waals surface area contributed by atoms with Gasteiger partial charge < -0.3 is 14.8 Å². The largest absolute Gasteiger partial charge is 0.456 e. The second-order valence-corrected chi connectivity index (χ2v) is 9.03. The number of esters is 1. The van der Waals surface area contributed by atoms with E-state index in [1.807, 2.05) is 84.9 Å². The molecule has 0 aromatic heterocycles. The van der Waals surface area contributed by atoms with Crippen LogP contribution in [-0.2, 0) is 10.3 Å². The summed E-state index contributed by atoms with van der Waals surface area (Å²) in [6.07, 6.45) is 0. The van der Waals surface area contributed by atoms with E-state index in [-0.39, 0.29) is 5.97 Å². The Hall–Kier alpha value is -4.57. The summed E-state index contributed by atoms with van der Waals surface area (Å²) in [5.41, 5.74) is 5.10. The number of rotatable bonds is 2. The topological polar surface area (TPSA) is 47.6 Å². The van der Waals surface area contributed by atoms with Crippen molar-refractivity contribution in [2.75, 3.05) is 5.32 Å². The lowest BCUT2D eigenvalue weighted by Crippen LogP contribution is -2.33. The minimum atomic E-state index is -1.08. The maximum atomic E-state index is 13.2. The zero-order valence-electron chi connectivity index (χ0n) is 19.0. The van der Waals surface area contributed by atoms with Crippen molar-refractivity contribution in [1.29, 1.82) is 0 Å². The number of anilines is 2. The van der Waals surface area contributed by atoms with E-state index in [4.69, 9.17) is 9.47 Å². The van der Waals surface area contributed by atoms with Crippen molar-refractivity contribution >= 4 is 28.1 Å². The highest BCUT2D eigenvalue weighted by molar-refractivity contribution is 6.00. The third-order valence-corrected chi connectivity index (χ3v) is 7.02. The van der Waals surface area contributed by atoms with Gasteiger partial charge in [0, 0.05) is 28.6 Å². The molecule has 0 fully saturated rings. The number of hydrogen-bond acceptors (Lipinski definition) is 4. The zero-order valence-corrected chi connectivity index (χ0v) is 19.0. The molecule has 7 rings (SSSR count). The number of fused-ring (bicyclic) bond motifs is 8. The molecule has 2 aliphatic rings. The summed E-state index contributed by atoms with van der Waals surface area (Å²) >= 11 is 0. The molecule has 168 valence electrons. The molecule has 1 unspecified atom stereocenters. The van der Waals surface area contributed by atoms with Crippen LogP contribution in [-0.4, -0.2) is 5.97 Å². The Morgan fingerprint density at radius 2 is 1.54 bits per heavy atom. The van der Waals surface area contributed by atoms with E-state index in [2.05, 4.69) is 30.4 Å². The van der Waals surface area contributed by atoms with E-state index in [1.165, 1.54) is 0 Å². The average Bonchev–Trinajstić information content (AvgIpc) is 3.18. The fraction of sp³-hybridized carbons (Fsp3) is 0.0645. The van der Waals surface area contributed by atoms with E-state index in [0.29, 0.717) is 17.1 Å². The van der Waals surface area contributed by atoms with Crippen LogP contribution in [0.3, 0.4) is 0 Å². The summed E-state index contributed by atoms with van der Waals surface area (Å²) in [4.78, 5) is 13.2. The minimum absolute atomic E-state index is 0.325. The van der Waals surface area contributed by atoms with Crippen LogP contribution in [0.1, 0.15) is 32.6 Å². The van der Waals surface area contributed by atoms with E-state index in [0.717, 1.165) is 44.4 Å².